The molecule has 3 rings (SSSR count). The van der Waals surface area contributed by atoms with Crippen LogP contribution in [0.1, 0.15) is 30.4 Å². The van der Waals surface area contributed by atoms with Crippen LogP contribution in [0.25, 0.3) is 0 Å². The lowest BCUT2D eigenvalue weighted by molar-refractivity contribution is 0.461. The molecule has 1 aliphatic rings. The topological polar surface area (TPSA) is 101 Å². The summed E-state index contributed by atoms with van der Waals surface area (Å²) in [7, 11) is -8.79. The highest BCUT2D eigenvalue weighted by atomic mass is 127. The van der Waals surface area contributed by atoms with Gasteiger partial charge < -0.3 is 8.74 Å². The second-order valence-corrected chi connectivity index (χ2v) is 12.5. The summed E-state index contributed by atoms with van der Waals surface area (Å²) >= 11 is 5.98. The zero-order valence-corrected chi connectivity index (χ0v) is 22.4. The van der Waals surface area contributed by atoms with Crippen LogP contribution in [0.15, 0.2) is 34.1 Å². The summed E-state index contributed by atoms with van der Waals surface area (Å²) in [5, 5.41) is 0. The third-order valence-corrected chi connectivity index (χ3v) is 11.3. The van der Waals surface area contributed by atoms with Crippen LogP contribution in [0.2, 0.25) is 0 Å². The minimum Gasteiger partial charge on any atom is -0.744 e. The first-order valence-electron chi connectivity index (χ1n) is 8.21. The minimum atomic E-state index is -4.65. The van der Waals surface area contributed by atoms with Gasteiger partial charge in [-0.1, -0.05) is 6.42 Å². The molecular formula is C17H14I3O6S2-. The summed E-state index contributed by atoms with van der Waals surface area (Å²) < 4.78 is 68.4. The Morgan fingerprint density at radius 2 is 1.43 bits per heavy atom. The molecule has 0 saturated heterocycles. The first-order chi connectivity index (χ1) is 13.0. The highest BCUT2D eigenvalue weighted by Crippen LogP contribution is 2.36. The molecule has 2 aromatic carbocycles. The number of fused-ring (bicyclic) bond motifs is 1. The Morgan fingerprint density at radius 3 is 2.07 bits per heavy atom. The summed E-state index contributed by atoms with van der Waals surface area (Å²) in [6.45, 7) is 0. The minimum absolute atomic E-state index is 0.0866. The Labute approximate surface area is 205 Å². The molecule has 0 spiro atoms. The summed E-state index contributed by atoms with van der Waals surface area (Å²) in [4.78, 5) is -0.198. The van der Waals surface area contributed by atoms with Crippen molar-refractivity contribution in [2.24, 2.45) is 0 Å². The van der Waals surface area contributed by atoms with Crippen molar-refractivity contribution in [1.82, 2.24) is 0 Å². The molecule has 0 bridgehead atoms. The van der Waals surface area contributed by atoms with Crippen molar-refractivity contribution < 1.29 is 25.6 Å². The molecular weight excluding hydrogens is 745 g/mol. The molecule has 1 aliphatic carbocycles. The number of benzene rings is 2. The number of hydrogen-bond acceptors (Lipinski definition) is 6. The molecule has 0 aromatic heterocycles. The number of hydrogen-bond donors (Lipinski definition) is 0. The third-order valence-electron chi connectivity index (χ3n) is 4.42. The highest BCUT2D eigenvalue weighted by Gasteiger charge is 2.28. The molecule has 28 heavy (non-hydrogen) atoms. The molecule has 0 N–H and O–H groups in total. The molecule has 0 aliphatic heterocycles. The van der Waals surface area contributed by atoms with Crippen molar-refractivity contribution in [3.05, 3.63) is 46.1 Å². The molecule has 0 radical (unpaired) electrons. The maximum atomic E-state index is 13.0. The van der Waals surface area contributed by atoms with Crippen molar-refractivity contribution in [3.63, 3.8) is 0 Å². The van der Waals surface area contributed by atoms with Gasteiger partial charge in [-0.05, 0) is 123 Å². The van der Waals surface area contributed by atoms with Crippen molar-refractivity contribution in [2.45, 2.75) is 41.9 Å². The van der Waals surface area contributed by atoms with Crippen LogP contribution < -0.4 is 4.18 Å². The Bertz CT molecular complexity index is 1140. The number of rotatable bonds is 4. The summed E-state index contributed by atoms with van der Waals surface area (Å²) in [6.07, 6.45) is 3.24. The zero-order chi connectivity index (χ0) is 20.7. The molecule has 0 heterocycles. The van der Waals surface area contributed by atoms with E-state index in [2.05, 4.69) is 22.6 Å². The van der Waals surface area contributed by atoms with E-state index < -0.39 is 20.2 Å². The molecule has 0 unspecified atom stereocenters. The second-order valence-electron chi connectivity index (χ2n) is 6.24. The van der Waals surface area contributed by atoms with Crippen molar-refractivity contribution in [3.8, 4) is 5.75 Å². The van der Waals surface area contributed by atoms with Gasteiger partial charge in [0.2, 0.25) is 0 Å². The normalized spacial score (nSPS) is 15.0. The molecule has 0 fully saturated rings. The number of halogens is 3. The molecule has 0 atom stereocenters. The fraction of sp³-hybridized carbons (Fsp3) is 0.294. The van der Waals surface area contributed by atoms with Crippen LogP contribution in [0.3, 0.4) is 0 Å². The molecule has 152 valence electrons. The van der Waals surface area contributed by atoms with E-state index in [-0.39, 0.29) is 15.5 Å². The van der Waals surface area contributed by atoms with Crippen LogP contribution in [-0.4, -0.2) is 21.4 Å². The van der Waals surface area contributed by atoms with Gasteiger partial charge in [0.05, 0.1) is 4.90 Å². The lowest BCUT2D eigenvalue weighted by Crippen LogP contribution is -2.16. The summed E-state index contributed by atoms with van der Waals surface area (Å²) in [5.41, 5.74) is 0.876. The van der Waals surface area contributed by atoms with Gasteiger partial charge in [-0.25, -0.2) is 8.42 Å². The van der Waals surface area contributed by atoms with Gasteiger partial charge in [0.1, 0.15) is 20.8 Å². The first kappa shape index (κ1) is 23.0. The van der Waals surface area contributed by atoms with E-state index >= 15 is 0 Å². The zero-order valence-electron chi connectivity index (χ0n) is 14.2. The average molecular weight is 759 g/mol. The lowest BCUT2D eigenvalue weighted by Gasteiger charge is -2.19. The van der Waals surface area contributed by atoms with Gasteiger partial charge in [0, 0.05) is 16.3 Å². The molecule has 2 aromatic rings. The van der Waals surface area contributed by atoms with Gasteiger partial charge >= 0.3 is 10.1 Å². The summed E-state index contributed by atoms with van der Waals surface area (Å²) in [6, 6.07) is 5.96. The fourth-order valence-corrected chi connectivity index (χ4v) is 8.75. The van der Waals surface area contributed by atoms with Crippen molar-refractivity contribution in [1.29, 1.82) is 0 Å². The summed E-state index contributed by atoms with van der Waals surface area (Å²) in [5.74, 6) is 0.0924. The van der Waals surface area contributed by atoms with Crippen LogP contribution >= 0.6 is 67.8 Å². The maximum Gasteiger partial charge on any atom is 0.341 e. The molecule has 11 heteroatoms. The predicted octanol–water partition coefficient (Wildman–Crippen LogP) is 4.44. The Balaban J connectivity index is 2.15. The molecule has 0 saturated carbocycles. The molecule has 6 nitrogen and oxygen atoms in total. The van der Waals surface area contributed by atoms with Gasteiger partial charge in [-0.3, -0.25) is 0 Å². The Morgan fingerprint density at radius 1 is 0.821 bits per heavy atom. The molecule has 0 amide bonds. The van der Waals surface area contributed by atoms with Crippen molar-refractivity contribution >= 4 is 88.0 Å². The van der Waals surface area contributed by atoms with E-state index in [9.17, 15) is 21.4 Å². The largest absolute Gasteiger partial charge is 0.744 e. The van der Waals surface area contributed by atoms with Crippen LogP contribution in [-0.2, 0) is 33.1 Å². The highest BCUT2D eigenvalue weighted by molar-refractivity contribution is 14.1. The quantitative estimate of drug-likeness (QED) is 0.150. The van der Waals surface area contributed by atoms with E-state index in [1.54, 1.807) is 6.07 Å². The second kappa shape index (κ2) is 8.80. The van der Waals surface area contributed by atoms with Crippen LogP contribution in [0, 0.1) is 10.7 Å². The van der Waals surface area contributed by atoms with Gasteiger partial charge in [-0.15, -0.1) is 0 Å². The van der Waals surface area contributed by atoms with Gasteiger partial charge in [0.15, 0.2) is 0 Å². The van der Waals surface area contributed by atoms with E-state index in [1.165, 1.54) is 6.07 Å². The SMILES string of the molecule is O=S(=O)([O-])c1ccc(OS(=O)(=O)c2c(I)ccc(I)c2I)c2c1CCCCC2. The Kier molecular flexibility index (Phi) is 7.22. The van der Waals surface area contributed by atoms with Crippen LogP contribution in [0.5, 0.6) is 5.75 Å². The van der Waals surface area contributed by atoms with Crippen molar-refractivity contribution in [2.75, 3.05) is 0 Å². The first-order valence-corrected chi connectivity index (χ1v) is 14.3. The van der Waals surface area contributed by atoms with E-state index in [0.29, 0.717) is 31.1 Å². The van der Waals surface area contributed by atoms with Gasteiger partial charge in [-0.2, -0.15) is 8.42 Å². The standard InChI is InChI=1S/C17H15I3O6S2/c18-12-6-7-13(19)17(16(12)20)28(24,25)26-14-8-9-15(27(21,22)23)11-5-3-1-2-4-10(11)14/h6-9H,1-5H2,(H,21,22,23)/p-1. The smallest absolute Gasteiger partial charge is 0.341 e. The van der Waals surface area contributed by atoms with E-state index in [0.717, 1.165) is 28.9 Å². The predicted molar refractivity (Wildman–Crippen MR) is 128 cm³/mol. The van der Waals surface area contributed by atoms with Gasteiger partial charge in [0.25, 0.3) is 0 Å². The maximum absolute atomic E-state index is 13.0. The van der Waals surface area contributed by atoms with Crippen LogP contribution in [0.4, 0.5) is 0 Å². The lowest BCUT2D eigenvalue weighted by atomic mass is 10.0. The third kappa shape index (κ3) is 4.78. The van der Waals surface area contributed by atoms with E-state index in [1.807, 2.05) is 51.2 Å². The fourth-order valence-electron chi connectivity index (χ4n) is 3.19. The monoisotopic (exact) mass is 759 g/mol. The average Bonchev–Trinajstić information content (AvgIpc) is 2.83. The van der Waals surface area contributed by atoms with E-state index in [4.69, 9.17) is 4.18 Å². The Hall–Kier alpha value is 0.290.